The van der Waals surface area contributed by atoms with E-state index in [0.29, 0.717) is 11.6 Å². The topological polar surface area (TPSA) is 34.1 Å². The van der Waals surface area contributed by atoms with E-state index in [1.54, 1.807) is 0 Å². The van der Waals surface area contributed by atoms with E-state index < -0.39 is 0 Å². The Kier molecular flexibility index (Phi) is 5.88. The molecule has 2 aromatic rings. The minimum absolute atomic E-state index is 0.364. The van der Waals surface area contributed by atoms with Gasteiger partial charge in [0.2, 0.25) is 0 Å². The zero-order valence-corrected chi connectivity index (χ0v) is 13.3. The molecule has 0 atom stereocenters. The molecule has 0 bridgehead atoms. The van der Waals surface area contributed by atoms with Crippen LogP contribution in [-0.4, -0.2) is 12.0 Å². The van der Waals surface area contributed by atoms with E-state index in [4.69, 9.17) is 16.3 Å². The van der Waals surface area contributed by atoms with Crippen LogP contribution in [0, 0.1) is 0 Å². The van der Waals surface area contributed by atoms with Gasteiger partial charge in [0.05, 0.1) is 10.7 Å². The van der Waals surface area contributed by atoms with Crippen molar-refractivity contribution in [2.24, 2.45) is 0 Å². The molecule has 1 aromatic heterocycles. The van der Waals surface area contributed by atoms with Crippen molar-refractivity contribution in [3.63, 3.8) is 0 Å². The quantitative estimate of drug-likeness (QED) is 0.805. The number of rotatable bonds is 7. The SMILES string of the molecule is CCCCc1ccc(OCc2nc(NC)ccc2Cl)cc1. The highest BCUT2D eigenvalue weighted by Crippen LogP contribution is 2.20. The molecule has 1 aromatic carbocycles. The predicted molar refractivity (Wildman–Crippen MR) is 88.2 cm³/mol. The Morgan fingerprint density at radius 3 is 2.57 bits per heavy atom. The second-order valence-corrected chi connectivity index (χ2v) is 5.32. The van der Waals surface area contributed by atoms with E-state index in [-0.39, 0.29) is 0 Å². The molecule has 0 saturated heterocycles. The van der Waals surface area contributed by atoms with Crippen LogP contribution in [0.4, 0.5) is 5.82 Å². The molecule has 0 fully saturated rings. The van der Waals surface area contributed by atoms with Crippen LogP contribution in [0.25, 0.3) is 0 Å². The Hall–Kier alpha value is -1.74. The van der Waals surface area contributed by atoms with Gasteiger partial charge < -0.3 is 10.1 Å². The number of halogens is 1. The molecule has 0 aliphatic carbocycles. The van der Waals surface area contributed by atoms with Gasteiger partial charge in [0.1, 0.15) is 18.2 Å². The van der Waals surface area contributed by atoms with Crippen LogP contribution in [0.2, 0.25) is 5.02 Å². The highest BCUT2D eigenvalue weighted by molar-refractivity contribution is 6.31. The van der Waals surface area contributed by atoms with E-state index in [2.05, 4.69) is 29.4 Å². The Labute approximate surface area is 131 Å². The summed E-state index contributed by atoms with van der Waals surface area (Å²) in [6.45, 7) is 2.57. The first-order chi connectivity index (χ1) is 10.2. The van der Waals surface area contributed by atoms with Gasteiger partial charge in [-0.3, -0.25) is 0 Å². The molecule has 2 rings (SSSR count). The fourth-order valence-electron chi connectivity index (χ4n) is 2.01. The number of benzene rings is 1. The second kappa shape index (κ2) is 7.89. The van der Waals surface area contributed by atoms with Crippen molar-refractivity contribution in [3.05, 3.63) is 52.7 Å². The van der Waals surface area contributed by atoms with Crippen molar-refractivity contribution in [1.82, 2.24) is 4.98 Å². The molecule has 0 radical (unpaired) electrons. The second-order valence-electron chi connectivity index (χ2n) is 4.91. The van der Waals surface area contributed by atoms with E-state index in [0.717, 1.165) is 23.7 Å². The molecule has 1 N–H and O–H groups in total. The number of anilines is 1. The maximum absolute atomic E-state index is 6.13. The Bertz CT molecular complexity index is 570. The Morgan fingerprint density at radius 2 is 1.90 bits per heavy atom. The van der Waals surface area contributed by atoms with Gasteiger partial charge in [-0.2, -0.15) is 0 Å². The van der Waals surface area contributed by atoms with Crippen molar-refractivity contribution in [1.29, 1.82) is 0 Å². The molecule has 0 saturated carbocycles. The summed E-state index contributed by atoms with van der Waals surface area (Å²) in [5.74, 6) is 1.62. The molecule has 0 aliphatic rings. The lowest BCUT2D eigenvalue weighted by Crippen LogP contribution is -2.02. The largest absolute Gasteiger partial charge is 0.487 e. The lowest BCUT2D eigenvalue weighted by atomic mass is 10.1. The molecule has 0 amide bonds. The van der Waals surface area contributed by atoms with Gasteiger partial charge in [-0.25, -0.2) is 4.98 Å². The zero-order chi connectivity index (χ0) is 15.1. The number of nitrogens with one attached hydrogen (secondary N) is 1. The molecule has 0 spiro atoms. The first-order valence-electron chi connectivity index (χ1n) is 7.28. The van der Waals surface area contributed by atoms with Gasteiger partial charge in [-0.05, 0) is 42.7 Å². The van der Waals surface area contributed by atoms with Crippen LogP contribution >= 0.6 is 11.6 Å². The summed E-state index contributed by atoms with van der Waals surface area (Å²) >= 11 is 6.13. The third kappa shape index (κ3) is 4.64. The van der Waals surface area contributed by atoms with Gasteiger partial charge in [0.15, 0.2) is 0 Å². The molecule has 0 aliphatic heterocycles. The average molecular weight is 305 g/mol. The van der Waals surface area contributed by atoms with E-state index in [1.165, 1.54) is 18.4 Å². The number of hydrogen-bond acceptors (Lipinski definition) is 3. The monoisotopic (exact) mass is 304 g/mol. The van der Waals surface area contributed by atoms with Crippen LogP contribution in [0.5, 0.6) is 5.75 Å². The molecule has 4 heteroatoms. The number of aromatic nitrogens is 1. The summed E-state index contributed by atoms with van der Waals surface area (Å²) in [4.78, 5) is 4.40. The third-order valence-electron chi connectivity index (χ3n) is 3.29. The van der Waals surface area contributed by atoms with Gasteiger partial charge >= 0.3 is 0 Å². The van der Waals surface area contributed by atoms with Gasteiger partial charge in [-0.1, -0.05) is 37.1 Å². The Morgan fingerprint density at radius 1 is 1.14 bits per heavy atom. The molecular weight excluding hydrogens is 284 g/mol. The fraction of sp³-hybridized carbons (Fsp3) is 0.353. The molecular formula is C17H21ClN2O. The van der Waals surface area contributed by atoms with Crippen molar-refractivity contribution < 1.29 is 4.74 Å². The van der Waals surface area contributed by atoms with Crippen LogP contribution in [-0.2, 0) is 13.0 Å². The summed E-state index contributed by atoms with van der Waals surface area (Å²) in [6.07, 6.45) is 3.55. The van der Waals surface area contributed by atoms with Gasteiger partial charge in [0, 0.05) is 7.05 Å². The first-order valence-corrected chi connectivity index (χ1v) is 7.65. The number of aryl methyl sites for hydroxylation is 1. The van der Waals surface area contributed by atoms with E-state index in [1.807, 2.05) is 31.3 Å². The highest BCUT2D eigenvalue weighted by atomic mass is 35.5. The van der Waals surface area contributed by atoms with Crippen LogP contribution in [0.15, 0.2) is 36.4 Å². The van der Waals surface area contributed by atoms with Crippen LogP contribution in [0.3, 0.4) is 0 Å². The van der Waals surface area contributed by atoms with Crippen LogP contribution < -0.4 is 10.1 Å². The fourth-order valence-corrected chi connectivity index (χ4v) is 2.17. The van der Waals surface area contributed by atoms with Gasteiger partial charge in [-0.15, -0.1) is 0 Å². The number of pyridine rings is 1. The zero-order valence-electron chi connectivity index (χ0n) is 12.5. The average Bonchev–Trinajstić information content (AvgIpc) is 2.53. The number of nitrogens with zero attached hydrogens (tertiary/aromatic N) is 1. The highest BCUT2D eigenvalue weighted by Gasteiger charge is 2.05. The molecule has 21 heavy (non-hydrogen) atoms. The summed E-state index contributed by atoms with van der Waals surface area (Å²) in [5, 5.41) is 3.61. The molecule has 0 unspecified atom stereocenters. The van der Waals surface area contributed by atoms with Crippen molar-refractivity contribution in [2.75, 3.05) is 12.4 Å². The van der Waals surface area contributed by atoms with Crippen molar-refractivity contribution >= 4 is 17.4 Å². The minimum atomic E-state index is 0.364. The number of unbranched alkanes of at least 4 members (excludes halogenated alkanes) is 1. The summed E-state index contributed by atoms with van der Waals surface area (Å²) in [5.41, 5.74) is 2.08. The third-order valence-corrected chi connectivity index (χ3v) is 3.64. The number of ether oxygens (including phenoxy) is 1. The lowest BCUT2D eigenvalue weighted by Gasteiger charge is -2.09. The van der Waals surface area contributed by atoms with Gasteiger partial charge in [0.25, 0.3) is 0 Å². The smallest absolute Gasteiger partial charge is 0.132 e. The Balaban J connectivity index is 1.96. The van der Waals surface area contributed by atoms with Crippen molar-refractivity contribution in [2.45, 2.75) is 32.8 Å². The summed E-state index contributed by atoms with van der Waals surface area (Å²) in [7, 11) is 1.83. The van der Waals surface area contributed by atoms with Crippen molar-refractivity contribution in [3.8, 4) is 5.75 Å². The molecule has 1 heterocycles. The van der Waals surface area contributed by atoms with E-state index >= 15 is 0 Å². The first kappa shape index (κ1) is 15.6. The molecule has 3 nitrogen and oxygen atoms in total. The maximum Gasteiger partial charge on any atom is 0.132 e. The number of hydrogen-bond donors (Lipinski definition) is 1. The maximum atomic E-state index is 6.13. The predicted octanol–water partition coefficient (Wildman–Crippen LogP) is 4.70. The molecule has 112 valence electrons. The summed E-state index contributed by atoms with van der Waals surface area (Å²) < 4.78 is 5.76. The standard InChI is InChI=1S/C17H21ClN2O/c1-3-4-5-13-6-8-14(9-7-13)21-12-16-15(18)10-11-17(19-2)20-16/h6-11H,3-5,12H2,1-2H3,(H,19,20). The normalized spacial score (nSPS) is 10.4. The minimum Gasteiger partial charge on any atom is -0.487 e. The van der Waals surface area contributed by atoms with Crippen LogP contribution in [0.1, 0.15) is 31.0 Å². The van der Waals surface area contributed by atoms with E-state index in [9.17, 15) is 0 Å². The summed E-state index contributed by atoms with van der Waals surface area (Å²) in [6, 6.07) is 11.9. The lowest BCUT2D eigenvalue weighted by molar-refractivity contribution is 0.301.